The number of anilines is 1. The number of hydrogen-bond acceptors (Lipinski definition) is 2. The Morgan fingerprint density at radius 3 is 2.65 bits per heavy atom. The van der Waals surface area contributed by atoms with Gasteiger partial charge < -0.3 is 15.4 Å². The fourth-order valence-corrected chi connectivity index (χ4v) is 1.96. The molecule has 0 unspecified atom stereocenters. The van der Waals surface area contributed by atoms with Crippen LogP contribution in [0.5, 0.6) is 5.75 Å². The Bertz CT molecular complexity index is 585. The summed E-state index contributed by atoms with van der Waals surface area (Å²) in [4.78, 5) is 11.7. The molecule has 0 spiro atoms. The third-order valence-electron chi connectivity index (χ3n) is 2.58. The number of carbonyl (C=O) groups excluding carboxylic acids is 1. The van der Waals surface area contributed by atoms with Crippen molar-refractivity contribution < 1.29 is 9.53 Å². The summed E-state index contributed by atoms with van der Waals surface area (Å²) >= 11 is 3.34. The van der Waals surface area contributed by atoms with E-state index in [0.29, 0.717) is 5.69 Å². The van der Waals surface area contributed by atoms with Gasteiger partial charge in [-0.3, -0.25) is 0 Å². The first kappa shape index (κ1) is 14.4. The number of halogens is 1. The second-order valence-electron chi connectivity index (χ2n) is 4.24. The number of urea groups is 1. The molecule has 0 heterocycles. The topological polar surface area (TPSA) is 50.4 Å². The summed E-state index contributed by atoms with van der Waals surface area (Å²) in [5.74, 6) is 0.721. The number of aryl methyl sites for hydroxylation is 1. The molecule has 0 aliphatic heterocycles. The maximum atomic E-state index is 11.7. The van der Waals surface area contributed by atoms with Gasteiger partial charge in [-0.1, -0.05) is 39.7 Å². The summed E-state index contributed by atoms with van der Waals surface area (Å²) in [6.45, 7) is 2.12. The van der Waals surface area contributed by atoms with Gasteiger partial charge in [0, 0.05) is 10.2 Å². The average Bonchev–Trinajstić information content (AvgIpc) is 2.41. The fraction of sp³-hybridized carbons (Fsp3) is 0.133. The fourth-order valence-electron chi connectivity index (χ4n) is 1.56. The van der Waals surface area contributed by atoms with Crippen LogP contribution in [0.1, 0.15) is 5.56 Å². The van der Waals surface area contributed by atoms with E-state index in [2.05, 4.69) is 26.6 Å². The standard InChI is InChI=1S/C15H15BrN2O2/c1-11-5-7-14(8-6-11)20-10-17-15(19)18-13-4-2-3-12(16)9-13/h2-9H,10H2,1H3,(H2,17,18,19). The summed E-state index contributed by atoms with van der Waals surface area (Å²) in [7, 11) is 0. The summed E-state index contributed by atoms with van der Waals surface area (Å²) in [6, 6.07) is 14.7. The SMILES string of the molecule is Cc1ccc(OCNC(=O)Nc2cccc(Br)c2)cc1. The van der Waals surface area contributed by atoms with Crippen LogP contribution in [0.4, 0.5) is 10.5 Å². The van der Waals surface area contributed by atoms with Crippen LogP contribution < -0.4 is 15.4 Å². The minimum atomic E-state index is -0.310. The first-order chi connectivity index (χ1) is 9.63. The van der Waals surface area contributed by atoms with Crippen molar-refractivity contribution in [3.8, 4) is 5.75 Å². The molecule has 0 fully saturated rings. The van der Waals surface area contributed by atoms with Crippen molar-refractivity contribution in [3.05, 3.63) is 58.6 Å². The lowest BCUT2D eigenvalue weighted by molar-refractivity contribution is 0.234. The van der Waals surface area contributed by atoms with Crippen molar-refractivity contribution >= 4 is 27.6 Å². The van der Waals surface area contributed by atoms with Crippen molar-refractivity contribution in [2.75, 3.05) is 12.0 Å². The monoisotopic (exact) mass is 334 g/mol. The summed E-state index contributed by atoms with van der Waals surface area (Å²) < 4.78 is 6.32. The lowest BCUT2D eigenvalue weighted by atomic mass is 10.2. The van der Waals surface area contributed by atoms with Crippen LogP contribution in [-0.4, -0.2) is 12.8 Å². The second kappa shape index (κ2) is 6.96. The zero-order valence-corrected chi connectivity index (χ0v) is 12.6. The largest absolute Gasteiger partial charge is 0.473 e. The van der Waals surface area contributed by atoms with Crippen LogP contribution >= 0.6 is 15.9 Å². The molecule has 2 N–H and O–H groups in total. The van der Waals surface area contributed by atoms with Crippen LogP contribution in [0, 0.1) is 6.92 Å². The van der Waals surface area contributed by atoms with E-state index >= 15 is 0 Å². The first-order valence-corrected chi connectivity index (χ1v) is 6.93. The molecule has 0 aromatic heterocycles. The van der Waals surface area contributed by atoms with E-state index in [1.165, 1.54) is 0 Å². The normalized spacial score (nSPS) is 9.90. The van der Waals surface area contributed by atoms with Crippen molar-refractivity contribution in [2.24, 2.45) is 0 Å². The molecule has 0 bridgehead atoms. The zero-order valence-electron chi connectivity index (χ0n) is 11.0. The van der Waals surface area contributed by atoms with Crippen molar-refractivity contribution in [1.29, 1.82) is 0 Å². The molecule has 104 valence electrons. The first-order valence-electron chi connectivity index (χ1n) is 6.13. The maximum absolute atomic E-state index is 11.7. The Balaban J connectivity index is 1.76. The van der Waals surface area contributed by atoms with Gasteiger partial charge in [0.15, 0.2) is 6.73 Å². The van der Waals surface area contributed by atoms with Gasteiger partial charge in [0.1, 0.15) is 5.75 Å². The molecule has 0 saturated carbocycles. The maximum Gasteiger partial charge on any atom is 0.321 e. The number of rotatable bonds is 4. The minimum Gasteiger partial charge on any atom is -0.473 e. The lowest BCUT2D eigenvalue weighted by Gasteiger charge is -2.09. The van der Waals surface area contributed by atoms with Crippen LogP contribution in [0.2, 0.25) is 0 Å². The Kier molecular flexibility index (Phi) is 5.01. The zero-order chi connectivity index (χ0) is 14.4. The van der Waals surface area contributed by atoms with Crippen LogP contribution in [-0.2, 0) is 0 Å². The van der Waals surface area contributed by atoms with Crippen LogP contribution in [0.3, 0.4) is 0 Å². The van der Waals surface area contributed by atoms with E-state index in [4.69, 9.17) is 4.74 Å². The highest BCUT2D eigenvalue weighted by atomic mass is 79.9. The highest BCUT2D eigenvalue weighted by Crippen LogP contribution is 2.15. The average molecular weight is 335 g/mol. The van der Waals surface area contributed by atoms with E-state index in [0.717, 1.165) is 15.8 Å². The summed E-state index contributed by atoms with van der Waals surface area (Å²) in [6.07, 6.45) is 0. The quantitative estimate of drug-likeness (QED) is 0.832. The molecule has 2 aromatic rings. The Labute approximate surface area is 126 Å². The predicted octanol–water partition coefficient (Wildman–Crippen LogP) is 3.92. The number of ether oxygens (including phenoxy) is 1. The predicted molar refractivity (Wildman–Crippen MR) is 83.0 cm³/mol. The van der Waals surface area contributed by atoms with Gasteiger partial charge in [-0.2, -0.15) is 0 Å². The third kappa shape index (κ3) is 4.59. The number of carbonyl (C=O) groups is 1. The molecule has 20 heavy (non-hydrogen) atoms. The van der Waals surface area contributed by atoms with E-state index in [-0.39, 0.29) is 12.8 Å². The highest BCUT2D eigenvalue weighted by Gasteiger charge is 2.01. The molecular weight excluding hydrogens is 320 g/mol. The molecule has 0 saturated heterocycles. The summed E-state index contributed by atoms with van der Waals surface area (Å²) in [5.41, 5.74) is 1.88. The van der Waals surface area contributed by atoms with E-state index < -0.39 is 0 Å². The molecule has 0 aliphatic carbocycles. The molecule has 2 aromatic carbocycles. The van der Waals surface area contributed by atoms with Crippen LogP contribution in [0.15, 0.2) is 53.0 Å². The molecule has 0 atom stereocenters. The van der Waals surface area contributed by atoms with Crippen molar-refractivity contribution in [1.82, 2.24) is 5.32 Å². The molecular formula is C15H15BrN2O2. The van der Waals surface area contributed by atoms with Gasteiger partial charge >= 0.3 is 6.03 Å². The third-order valence-corrected chi connectivity index (χ3v) is 3.07. The lowest BCUT2D eigenvalue weighted by Crippen LogP contribution is -2.31. The number of benzene rings is 2. The van der Waals surface area contributed by atoms with Gasteiger partial charge in [-0.05, 0) is 37.3 Å². The van der Waals surface area contributed by atoms with Crippen LogP contribution in [0.25, 0.3) is 0 Å². The Morgan fingerprint density at radius 1 is 1.20 bits per heavy atom. The van der Waals surface area contributed by atoms with Crippen molar-refractivity contribution in [3.63, 3.8) is 0 Å². The van der Waals surface area contributed by atoms with Gasteiger partial charge in [0.25, 0.3) is 0 Å². The van der Waals surface area contributed by atoms with Gasteiger partial charge in [-0.15, -0.1) is 0 Å². The number of amides is 2. The second-order valence-corrected chi connectivity index (χ2v) is 5.16. The van der Waals surface area contributed by atoms with E-state index in [1.54, 1.807) is 0 Å². The summed E-state index contributed by atoms with van der Waals surface area (Å²) in [5, 5.41) is 5.34. The number of nitrogens with one attached hydrogen (secondary N) is 2. The number of hydrogen-bond donors (Lipinski definition) is 2. The molecule has 0 aliphatic rings. The molecule has 4 nitrogen and oxygen atoms in total. The van der Waals surface area contributed by atoms with Gasteiger partial charge in [0.05, 0.1) is 0 Å². The highest BCUT2D eigenvalue weighted by molar-refractivity contribution is 9.10. The Hall–Kier alpha value is -2.01. The van der Waals surface area contributed by atoms with Gasteiger partial charge in [0.2, 0.25) is 0 Å². The molecule has 0 radical (unpaired) electrons. The molecule has 2 amide bonds. The minimum absolute atomic E-state index is 0.114. The van der Waals surface area contributed by atoms with E-state index in [1.807, 2.05) is 55.5 Å². The van der Waals surface area contributed by atoms with Gasteiger partial charge in [-0.25, -0.2) is 4.79 Å². The Morgan fingerprint density at radius 2 is 1.95 bits per heavy atom. The smallest absolute Gasteiger partial charge is 0.321 e. The molecule has 5 heteroatoms. The molecule has 2 rings (SSSR count). The van der Waals surface area contributed by atoms with Crippen molar-refractivity contribution in [2.45, 2.75) is 6.92 Å². The van der Waals surface area contributed by atoms with E-state index in [9.17, 15) is 4.79 Å².